The molecule has 35 heavy (non-hydrogen) atoms. The fraction of sp³-hybridized carbons (Fsp3) is 0.103. The van der Waals surface area contributed by atoms with Crippen LogP contribution in [0.15, 0.2) is 97.1 Å². The largest absolute Gasteiger partial charge is 0.481 e. The van der Waals surface area contributed by atoms with E-state index < -0.39 is 5.97 Å². The molecule has 0 atom stereocenters. The van der Waals surface area contributed by atoms with Gasteiger partial charge in [-0.1, -0.05) is 72.8 Å². The number of carboxylic acids is 1. The first-order chi connectivity index (χ1) is 16.8. The van der Waals surface area contributed by atoms with Crippen LogP contribution in [-0.4, -0.2) is 24.2 Å². The monoisotopic (exact) mass is 474 g/mol. The van der Waals surface area contributed by atoms with Crippen LogP contribution in [-0.2, 0) is 27.2 Å². The molecule has 4 nitrogen and oxygen atoms in total. The average Bonchev–Trinajstić information content (AvgIpc) is 2.86. The summed E-state index contributed by atoms with van der Waals surface area (Å²) in [6, 6.07) is 27.3. The molecule has 0 aliphatic rings. The second-order valence-electron chi connectivity index (χ2n) is 7.73. The fourth-order valence-corrected chi connectivity index (χ4v) is 3.33. The molecule has 0 fully saturated rings. The number of ether oxygens (including phenoxy) is 1. The Labute approximate surface area is 202 Å². The standard InChI is InChI=1S/C15H13FO2.C14H11FO2/c1-18-15(17)10-11-2-4-12(5-3-11)13-6-8-14(16)9-7-13;15-13-7-5-12(6-8-13)11-3-1-10(2-4-11)9-14(16)17/h2-9H,10H2,1H3;1-8H,9H2,(H,16,17). The van der Waals surface area contributed by atoms with Crippen LogP contribution < -0.4 is 0 Å². The molecule has 0 unspecified atom stereocenters. The number of hydrogen-bond acceptors (Lipinski definition) is 3. The van der Waals surface area contributed by atoms with Crippen molar-refractivity contribution in [3.8, 4) is 22.3 Å². The van der Waals surface area contributed by atoms with Crippen LogP contribution in [0.5, 0.6) is 0 Å². The van der Waals surface area contributed by atoms with E-state index in [4.69, 9.17) is 5.11 Å². The smallest absolute Gasteiger partial charge is 0.309 e. The van der Waals surface area contributed by atoms with Gasteiger partial charge in [0, 0.05) is 0 Å². The maximum atomic E-state index is 12.8. The molecule has 0 aromatic heterocycles. The average molecular weight is 475 g/mol. The van der Waals surface area contributed by atoms with E-state index in [2.05, 4.69) is 4.74 Å². The summed E-state index contributed by atoms with van der Waals surface area (Å²) in [6.45, 7) is 0. The number of hydrogen-bond donors (Lipinski definition) is 1. The van der Waals surface area contributed by atoms with Crippen LogP contribution in [0.2, 0.25) is 0 Å². The Morgan fingerprint density at radius 2 is 0.914 bits per heavy atom. The third-order valence-corrected chi connectivity index (χ3v) is 5.19. The zero-order valence-electron chi connectivity index (χ0n) is 19.1. The zero-order valence-corrected chi connectivity index (χ0v) is 19.1. The van der Waals surface area contributed by atoms with Gasteiger partial charge in [-0.05, 0) is 57.6 Å². The Morgan fingerprint density at radius 3 is 1.23 bits per heavy atom. The lowest BCUT2D eigenvalue weighted by Gasteiger charge is -2.04. The van der Waals surface area contributed by atoms with Crippen molar-refractivity contribution in [3.63, 3.8) is 0 Å². The molecule has 0 amide bonds. The molecular weight excluding hydrogens is 450 g/mol. The van der Waals surface area contributed by atoms with E-state index in [1.54, 1.807) is 36.4 Å². The third-order valence-electron chi connectivity index (χ3n) is 5.19. The Morgan fingerprint density at radius 1 is 0.600 bits per heavy atom. The first-order valence-corrected chi connectivity index (χ1v) is 10.8. The van der Waals surface area contributed by atoms with Crippen molar-refractivity contribution in [3.05, 3.63) is 120 Å². The van der Waals surface area contributed by atoms with Gasteiger partial charge in [0.1, 0.15) is 11.6 Å². The Bertz CT molecular complexity index is 1250. The van der Waals surface area contributed by atoms with Gasteiger partial charge in [-0.25, -0.2) is 8.78 Å². The number of methoxy groups -OCH3 is 1. The van der Waals surface area contributed by atoms with Gasteiger partial charge in [0.25, 0.3) is 0 Å². The first-order valence-electron chi connectivity index (χ1n) is 10.8. The molecule has 0 saturated heterocycles. The molecule has 178 valence electrons. The molecule has 0 spiro atoms. The van der Waals surface area contributed by atoms with E-state index in [0.29, 0.717) is 0 Å². The number of esters is 1. The third kappa shape index (κ3) is 7.89. The van der Waals surface area contributed by atoms with Crippen LogP contribution in [0.4, 0.5) is 8.78 Å². The van der Waals surface area contributed by atoms with Crippen molar-refractivity contribution >= 4 is 11.9 Å². The summed E-state index contributed by atoms with van der Waals surface area (Å²) in [4.78, 5) is 21.6. The normalized spacial score (nSPS) is 10.1. The van der Waals surface area contributed by atoms with Gasteiger partial charge in [0.05, 0.1) is 20.0 Å². The first kappa shape index (κ1) is 25.3. The van der Waals surface area contributed by atoms with E-state index in [1.165, 1.54) is 31.4 Å². The quantitative estimate of drug-likeness (QED) is 0.332. The van der Waals surface area contributed by atoms with Crippen LogP contribution in [0.1, 0.15) is 11.1 Å². The highest BCUT2D eigenvalue weighted by molar-refractivity contribution is 5.73. The highest BCUT2D eigenvalue weighted by Gasteiger charge is 2.04. The van der Waals surface area contributed by atoms with Gasteiger partial charge < -0.3 is 9.84 Å². The molecule has 1 N–H and O–H groups in total. The second kappa shape index (κ2) is 12.2. The summed E-state index contributed by atoms with van der Waals surface area (Å²) < 4.78 is 30.1. The summed E-state index contributed by atoms with van der Waals surface area (Å²) in [6.07, 6.45) is 0.282. The lowest BCUT2D eigenvalue weighted by atomic mass is 10.0. The van der Waals surface area contributed by atoms with Gasteiger partial charge in [0.2, 0.25) is 0 Å². The number of carbonyl (C=O) groups is 2. The lowest BCUT2D eigenvalue weighted by molar-refractivity contribution is -0.140. The van der Waals surface area contributed by atoms with E-state index in [1.807, 2.05) is 36.4 Å². The summed E-state index contributed by atoms with van der Waals surface area (Å²) >= 11 is 0. The molecule has 0 saturated carbocycles. The molecule has 6 heteroatoms. The van der Waals surface area contributed by atoms with Gasteiger partial charge in [-0.2, -0.15) is 0 Å². The molecule has 0 aliphatic carbocycles. The lowest BCUT2D eigenvalue weighted by Crippen LogP contribution is -2.04. The molecule has 0 aliphatic heterocycles. The van der Waals surface area contributed by atoms with Crippen molar-refractivity contribution < 1.29 is 28.2 Å². The van der Waals surface area contributed by atoms with Gasteiger partial charge in [-0.15, -0.1) is 0 Å². The molecule has 4 rings (SSSR count). The van der Waals surface area contributed by atoms with E-state index >= 15 is 0 Å². The SMILES string of the molecule is COC(=O)Cc1ccc(-c2ccc(F)cc2)cc1.O=C(O)Cc1ccc(-c2ccc(F)cc2)cc1. The van der Waals surface area contributed by atoms with Crippen molar-refractivity contribution in [1.29, 1.82) is 0 Å². The number of carboxylic acid groups (broad SMARTS) is 1. The fourth-order valence-electron chi connectivity index (χ4n) is 3.33. The van der Waals surface area contributed by atoms with Crippen molar-refractivity contribution in [2.24, 2.45) is 0 Å². The Kier molecular flexibility index (Phi) is 8.84. The molecular formula is C29H24F2O4. The molecule has 0 bridgehead atoms. The summed E-state index contributed by atoms with van der Waals surface area (Å²) in [5, 5.41) is 8.64. The molecule has 0 radical (unpaired) electrons. The Hall–Kier alpha value is -4.32. The maximum Gasteiger partial charge on any atom is 0.309 e. The van der Waals surface area contributed by atoms with Crippen LogP contribution in [0.25, 0.3) is 22.3 Å². The molecule has 4 aromatic carbocycles. The van der Waals surface area contributed by atoms with E-state index in [0.717, 1.165) is 33.4 Å². The number of rotatable bonds is 6. The summed E-state index contributed by atoms with van der Waals surface area (Å²) in [5.74, 6) is -1.62. The van der Waals surface area contributed by atoms with E-state index in [-0.39, 0.29) is 30.4 Å². The minimum absolute atomic E-state index is 0.0176. The van der Waals surface area contributed by atoms with E-state index in [9.17, 15) is 18.4 Å². The maximum absolute atomic E-state index is 12.8. The van der Waals surface area contributed by atoms with Crippen molar-refractivity contribution in [2.75, 3.05) is 7.11 Å². The zero-order chi connectivity index (χ0) is 25.2. The highest BCUT2D eigenvalue weighted by Crippen LogP contribution is 2.21. The predicted molar refractivity (Wildman–Crippen MR) is 131 cm³/mol. The van der Waals surface area contributed by atoms with Gasteiger partial charge >= 0.3 is 11.9 Å². The Balaban J connectivity index is 0.000000196. The van der Waals surface area contributed by atoms with Crippen molar-refractivity contribution in [2.45, 2.75) is 12.8 Å². The van der Waals surface area contributed by atoms with Crippen LogP contribution in [0, 0.1) is 11.6 Å². The summed E-state index contributed by atoms with van der Waals surface area (Å²) in [5.41, 5.74) is 5.44. The molecule has 4 aromatic rings. The number of aliphatic carboxylic acids is 1. The highest BCUT2D eigenvalue weighted by atomic mass is 19.1. The second-order valence-corrected chi connectivity index (χ2v) is 7.73. The van der Waals surface area contributed by atoms with Crippen molar-refractivity contribution in [1.82, 2.24) is 0 Å². The number of halogens is 2. The van der Waals surface area contributed by atoms with Crippen LogP contribution in [0.3, 0.4) is 0 Å². The summed E-state index contributed by atoms with van der Waals surface area (Å²) in [7, 11) is 1.37. The number of carbonyl (C=O) groups excluding carboxylic acids is 1. The topological polar surface area (TPSA) is 63.6 Å². The number of benzene rings is 4. The van der Waals surface area contributed by atoms with Crippen LogP contribution >= 0.6 is 0 Å². The minimum Gasteiger partial charge on any atom is -0.481 e. The molecule has 0 heterocycles. The minimum atomic E-state index is -0.848. The van der Waals surface area contributed by atoms with Gasteiger partial charge in [0.15, 0.2) is 0 Å². The van der Waals surface area contributed by atoms with Gasteiger partial charge in [-0.3, -0.25) is 9.59 Å². The predicted octanol–water partition coefficient (Wildman–Crippen LogP) is 6.33.